The highest BCUT2D eigenvalue weighted by Gasteiger charge is 2.29. The Labute approximate surface area is 114 Å². The third-order valence-corrected chi connectivity index (χ3v) is 4.54. The van der Waals surface area contributed by atoms with E-state index in [2.05, 4.69) is 34.5 Å². The van der Waals surface area contributed by atoms with Crippen LogP contribution in [0, 0.1) is 0 Å². The second kappa shape index (κ2) is 5.59. The Morgan fingerprint density at radius 2 is 1.95 bits per heavy atom. The molecule has 0 amide bonds. The summed E-state index contributed by atoms with van der Waals surface area (Å²) < 4.78 is 5.35. The summed E-state index contributed by atoms with van der Waals surface area (Å²) in [5.74, 6) is 2.27. The fourth-order valence-electron chi connectivity index (χ4n) is 2.99. The lowest BCUT2D eigenvalue weighted by Crippen LogP contribution is -2.39. The van der Waals surface area contributed by atoms with Crippen LogP contribution in [-0.2, 0) is 6.54 Å². The molecule has 5 nitrogen and oxygen atoms in total. The molecule has 1 heterocycles. The Morgan fingerprint density at radius 3 is 2.58 bits per heavy atom. The molecule has 19 heavy (non-hydrogen) atoms. The van der Waals surface area contributed by atoms with Crippen molar-refractivity contribution >= 4 is 0 Å². The monoisotopic (exact) mass is 264 g/mol. The maximum absolute atomic E-state index is 5.35. The van der Waals surface area contributed by atoms with E-state index < -0.39 is 0 Å². The van der Waals surface area contributed by atoms with Gasteiger partial charge in [-0.15, -0.1) is 0 Å². The third-order valence-electron chi connectivity index (χ3n) is 4.54. The summed E-state index contributed by atoms with van der Waals surface area (Å²) in [5, 5.41) is 7.46. The van der Waals surface area contributed by atoms with Crippen LogP contribution in [0.3, 0.4) is 0 Å². The molecule has 3 rings (SSSR count). The van der Waals surface area contributed by atoms with Gasteiger partial charge in [0.1, 0.15) is 0 Å². The van der Waals surface area contributed by atoms with E-state index >= 15 is 0 Å². The summed E-state index contributed by atoms with van der Waals surface area (Å²) in [6, 6.07) is 1.36. The molecule has 2 saturated carbocycles. The van der Waals surface area contributed by atoms with Crippen molar-refractivity contribution in [3.05, 3.63) is 11.7 Å². The SMILES string of the molecule is CNC1CCC(N(C)Cc2nc(C3CC3)no2)CC1. The van der Waals surface area contributed by atoms with Gasteiger partial charge < -0.3 is 9.84 Å². The molecule has 5 heteroatoms. The Balaban J connectivity index is 1.51. The molecule has 1 N–H and O–H groups in total. The average Bonchev–Trinajstić information content (AvgIpc) is 3.20. The Morgan fingerprint density at radius 1 is 1.21 bits per heavy atom. The zero-order valence-corrected chi connectivity index (χ0v) is 11.9. The third kappa shape index (κ3) is 3.15. The van der Waals surface area contributed by atoms with Crippen LogP contribution < -0.4 is 5.32 Å². The smallest absolute Gasteiger partial charge is 0.240 e. The number of rotatable bonds is 5. The minimum absolute atomic E-state index is 0.578. The van der Waals surface area contributed by atoms with E-state index in [1.807, 2.05) is 0 Å². The van der Waals surface area contributed by atoms with Gasteiger partial charge >= 0.3 is 0 Å². The van der Waals surface area contributed by atoms with Gasteiger partial charge in [-0.3, -0.25) is 4.90 Å². The quantitative estimate of drug-likeness (QED) is 0.880. The molecule has 0 atom stereocenters. The number of aromatic nitrogens is 2. The van der Waals surface area contributed by atoms with Gasteiger partial charge in [0.15, 0.2) is 5.82 Å². The van der Waals surface area contributed by atoms with Crippen molar-refractivity contribution in [2.75, 3.05) is 14.1 Å². The predicted octanol–water partition coefficient (Wildman–Crippen LogP) is 1.91. The average molecular weight is 264 g/mol. The van der Waals surface area contributed by atoms with E-state index in [0.717, 1.165) is 18.3 Å². The minimum atomic E-state index is 0.578. The van der Waals surface area contributed by atoms with Gasteiger partial charge in [-0.25, -0.2) is 0 Å². The lowest BCUT2D eigenvalue weighted by molar-refractivity contribution is 0.153. The molecule has 0 aliphatic heterocycles. The lowest BCUT2D eigenvalue weighted by atomic mass is 9.90. The van der Waals surface area contributed by atoms with Gasteiger partial charge in [0.2, 0.25) is 5.89 Å². The van der Waals surface area contributed by atoms with Crippen LogP contribution in [0.25, 0.3) is 0 Å². The van der Waals surface area contributed by atoms with Crippen LogP contribution >= 0.6 is 0 Å². The molecule has 0 radical (unpaired) electrons. The van der Waals surface area contributed by atoms with E-state index in [4.69, 9.17) is 4.52 Å². The maximum Gasteiger partial charge on any atom is 0.240 e. The number of nitrogens with one attached hydrogen (secondary N) is 1. The van der Waals surface area contributed by atoms with Gasteiger partial charge in [0.25, 0.3) is 0 Å². The maximum atomic E-state index is 5.35. The second-order valence-electron chi connectivity index (χ2n) is 6.03. The van der Waals surface area contributed by atoms with Gasteiger partial charge in [0.05, 0.1) is 6.54 Å². The number of hydrogen-bond donors (Lipinski definition) is 1. The summed E-state index contributed by atoms with van der Waals surface area (Å²) in [7, 11) is 4.23. The molecular weight excluding hydrogens is 240 g/mol. The molecule has 106 valence electrons. The topological polar surface area (TPSA) is 54.2 Å². The summed E-state index contributed by atoms with van der Waals surface area (Å²) in [6.45, 7) is 0.786. The van der Waals surface area contributed by atoms with Gasteiger partial charge in [0, 0.05) is 18.0 Å². The standard InChI is InChI=1S/C14H24N4O/c1-15-11-5-7-12(8-6-11)18(2)9-13-16-14(17-19-13)10-3-4-10/h10-12,15H,3-9H2,1-2H3. The van der Waals surface area contributed by atoms with Crippen molar-refractivity contribution in [3.8, 4) is 0 Å². The van der Waals surface area contributed by atoms with E-state index in [0.29, 0.717) is 18.0 Å². The summed E-state index contributed by atoms with van der Waals surface area (Å²) in [4.78, 5) is 6.88. The van der Waals surface area contributed by atoms with Gasteiger partial charge in [-0.1, -0.05) is 5.16 Å². The van der Waals surface area contributed by atoms with Crippen LogP contribution in [0.2, 0.25) is 0 Å². The highest BCUT2D eigenvalue weighted by molar-refractivity contribution is 5.03. The molecule has 2 aliphatic rings. The van der Waals surface area contributed by atoms with E-state index in [9.17, 15) is 0 Å². The lowest BCUT2D eigenvalue weighted by Gasteiger charge is -2.33. The van der Waals surface area contributed by atoms with E-state index in [-0.39, 0.29) is 0 Å². The number of hydrogen-bond acceptors (Lipinski definition) is 5. The largest absolute Gasteiger partial charge is 0.338 e. The molecule has 0 bridgehead atoms. The van der Waals surface area contributed by atoms with Gasteiger partial charge in [-0.05, 0) is 52.6 Å². The first-order valence-electron chi connectivity index (χ1n) is 7.46. The zero-order valence-electron chi connectivity index (χ0n) is 11.9. The van der Waals surface area contributed by atoms with Crippen molar-refractivity contribution in [3.63, 3.8) is 0 Å². The zero-order chi connectivity index (χ0) is 13.2. The van der Waals surface area contributed by atoms with Crippen molar-refractivity contribution in [1.29, 1.82) is 0 Å². The van der Waals surface area contributed by atoms with Crippen LogP contribution in [0.5, 0.6) is 0 Å². The van der Waals surface area contributed by atoms with Crippen molar-refractivity contribution < 1.29 is 4.52 Å². The highest BCUT2D eigenvalue weighted by Crippen LogP contribution is 2.38. The fraction of sp³-hybridized carbons (Fsp3) is 0.857. The van der Waals surface area contributed by atoms with Crippen LogP contribution in [-0.4, -0.2) is 41.2 Å². The van der Waals surface area contributed by atoms with E-state index in [1.165, 1.54) is 38.5 Å². The Bertz CT molecular complexity index is 407. The van der Waals surface area contributed by atoms with Crippen molar-refractivity contribution in [2.24, 2.45) is 0 Å². The molecule has 2 fully saturated rings. The number of nitrogens with zero attached hydrogens (tertiary/aromatic N) is 3. The molecule has 2 aliphatic carbocycles. The van der Waals surface area contributed by atoms with Crippen LogP contribution in [0.15, 0.2) is 4.52 Å². The molecule has 0 spiro atoms. The molecule has 0 unspecified atom stereocenters. The highest BCUT2D eigenvalue weighted by atomic mass is 16.5. The fourth-order valence-corrected chi connectivity index (χ4v) is 2.99. The first-order chi connectivity index (χ1) is 9.26. The first-order valence-corrected chi connectivity index (χ1v) is 7.46. The van der Waals surface area contributed by atoms with Gasteiger partial charge in [-0.2, -0.15) is 4.98 Å². The van der Waals surface area contributed by atoms with Crippen molar-refractivity contribution in [2.45, 2.75) is 63.1 Å². The molecule has 1 aromatic heterocycles. The Kier molecular flexibility index (Phi) is 3.84. The van der Waals surface area contributed by atoms with E-state index in [1.54, 1.807) is 0 Å². The summed E-state index contributed by atoms with van der Waals surface area (Å²) in [5.41, 5.74) is 0. The molecule has 0 aromatic carbocycles. The van der Waals surface area contributed by atoms with Crippen LogP contribution in [0.4, 0.5) is 0 Å². The molecule has 0 saturated heterocycles. The minimum Gasteiger partial charge on any atom is -0.338 e. The predicted molar refractivity (Wildman–Crippen MR) is 72.8 cm³/mol. The Hall–Kier alpha value is -0.940. The first kappa shape index (κ1) is 13.1. The molecular formula is C14H24N4O. The van der Waals surface area contributed by atoms with Crippen LogP contribution in [0.1, 0.15) is 56.2 Å². The second-order valence-corrected chi connectivity index (χ2v) is 6.03. The summed E-state index contributed by atoms with van der Waals surface area (Å²) in [6.07, 6.45) is 7.49. The van der Waals surface area contributed by atoms with Crippen molar-refractivity contribution in [1.82, 2.24) is 20.4 Å². The normalized spacial score (nSPS) is 27.9. The molecule has 1 aromatic rings. The summed E-state index contributed by atoms with van der Waals surface area (Å²) >= 11 is 0.